The molecule has 108 valence electrons. The minimum Gasteiger partial charge on any atom is -0.207 e. The SMILES string of the molecule is CC1Cc2ccc(CC3Cc4ccc(F)cc4C3)cc2C1. The van der Waals surface area contributed by atoms with Crippen molar-refractivity contribution in [2.24, 2.45) is 11.8 Å². The molecule has 0 heterocycles. The topological polar surface area (TPSA) is 0 Å². The second kappa shape index (κ2) is 4.98. The zero-order chi connectivity index (χ0) is 14.4. The van der Waals surface area contributed by atoms with Gasteiger partial charge in [-0.25, -0.2) is 4.39 Å². The van der Waals surface area contributed by atoms with E-state index in [2.05, 4.69) is 25.1 Å². The van der Waals surface area contributed by atoms with Gasteiger partial charge in [-0.05, 0) is 83.9 Å². The van der Waals surface area contributed by atoms with Gasteiger partial charge in [0.2, 0.25) is 0 Å². The number of hydrogen-bond donors (Lipinski definition) is 0. The molecule has 0 aromatic heterocycles. The molecule has 0 saturated carbocycles. The Kier molecular flexibility index (Phi) is 3.10. The first-order chi connectivity index (χ1) is 10.2. The lowest BCUT2D eigenvalue weighted by molar-refractivity contribution is 0.558. The molecular weight excluding hydrogens is 259 g/mol. The number of benzene rings is 2. The molecule has 0 fully saturated rings. The van der Waals surface area contributed by atoms with Gasteiger partial charge in [0.15, 0.2) is 0 Å². The Hall–Kier alpha value is -1.63. The van der Waals surface area contributed by atoms with Crippen molar-refractivity contribution in [2.45, 2.75) is 39.0 Å². The van der Waals surface area contributed by atoms with Gasteiger partial charge in [0.05, 0.1) is 0 Å². The molecule has 2 aliphatic carbocycles. The minimum atomic E-state index is -0.0964. The summed E-state index contributed by atoms with van der Waals surface area (Å²) in [6, 6.07) is 12.3. The van der Waals surface area contributed by atoms with E-state index in [0.717, 1.165) is 25.2 Å². The van der Waals surface area contributed by atoms with Gasteiger partial charge in [-0.2, -0.15) is 0 Å². The second-order valence-electron chi connectivity index (χ2n) is 7.01. The van der Waals surface area contributed by atoms with Gasteiger partial charge in [-0.1, -0.05) is 31.2 Å². The summed E-state index contributed by atoms with van der Waals surface area (Å²) in [4.78, 5) is 0. The predicted molar refractivity (Wildman–Crippen MR) is 84.0 cm³/mol. The summed E-state index contributed by atoms with van der Waals surface area (Å²) in [5, 5.41) is 0. The Morgan fingerprint density at radius 1 is 0.857 bits per heavy atom. The van der Waals surface area contributed by atoms with Crippen LogP contribution in [-0.4, -0.2) is 0 Å². The summed E-state index contributed by atoms with van der Waals surface area (Å²) < 4.78 is 13.3. The van der Waals surface area contributed by atoms with Crippen LogP contribution in [0.5, 0.6) is 0 Å². The van der Waals surface area contributed by atoms with E-state index >= 15 is 0 Å². The summed E-state index contributed by atoms with van der Waals surface area (Å²) in [6.07, 6.45) is 5.73. The van der Waals surface area contributed by atoms with Crippen LogP contribution in [0.2, 0.25) is 0 Å². The molecule has 0 radical (unpaired) electrons. The van der Waals surface area contributed by atoms with Crippen molar-refractivity contribution in [3.05, 3.63) is 70.0 Å². The summed E-state index contributed by atoms with van der Waals surface area (Å²) in [5.74, 6) is 1.34. The molecule has 2 unspecified atom stereocenters. The van der Waals surface area contributed by atoms with Crippen LogP contribution in [0.4, 0.5) is 4.39 Å². The van der Waals surface area contributed by atoms with Crippen LogP contribution in [-0.2, 0) is 32.1 Å². The average molecular weight is 280 g/mol. The molecule has 2 aromatic rings. The van der Waals surface area contributed by atoms with Crippen molar-refractivity contribution in [3.63, 3.8) is 0 Å². The summed E-state index contributed by atoms with van der Waals surface area (Å²) in [6.45, 7) is 2.34. The van der Waals surface area contributed by atoms with Crippen molar-refractivity contribution >= 4 is 0 Å². The highest BCUT2D eigenvalue weighted by molar-refractivity contribution is 5.38. The Balaban J connectivity index is 1.50. The first-order valence-electron chi connectivity index (χ1n) is 8.05. The minimum absolute atomic E-state index is 0.0964. The highest BCUT2D eigenvalue weighted by atomic mass is 19.1. The molecule has 0 aliphatic heterocycles. The molecule has 2 aliphatic rings. The maximum Gasteiger partial charge on any atom is 0.123 e. The van der Waals surface area contributed by atoms with Gasteiger partial charge in [0, 0.05) is 0 Å². The highest BCUT2D eigenvalue weighted by Gasteiger charge is 2.23. The van der Waals surface area contributed by atoms with Gasteiger partial charge < -0.3 is 0 Å². The van der Waals surface area contributed by atoms with Gasteiger partial charge in [0.25, 0.3) is 0 Å². The molecule has 0 bridgehead atoms. The molecule has 0 nitrogen and oxygen atoms in total. The van der Waals surface area contributed by atoms with E-state index in [1.54, 1.807) is 23.3 Å². The molecule has 1 heteroatoms. The third-order valence-corrected chi connectivity index (χ3v) is 5.12. The van der Waals surface area contributed by atoms with Crippen LogP contribution < -0.4 is 0 Å². The van der Waals surface area contributed by atoms with Crippen LogP contribution in [0.25, 0.3) is 0 Å². The van der Waals surface area contributed by atoms with E-state index in [4.69, 9.17) is 0 Å². The van der Waals surface area contributed by atoms with Crippen LogP contribution in [0.1, 0.15) is 34.7 Å². The Morgan fingerprint density at radius 3 is 2.43 bits per heavy atom. The summed E-state index contributed by atoms with van der Waals surface area (Å²) in [5.41, 5.74) is 7.12. The van der Waals surface area contributed by atoms with Gasteiger partial charge in [-0.15, -0.1) is 0 Å². The van der Waals surface area contributed by atoms with Crippen LogP contribution in [0.3, 0.4) is 0 Å². The maximum atomic E-state index is 13.3. The van der Waals surface area contributed by atoms with Gasteiger partial charge in [-0.3, -0.25) is 0 Å². The molecule has 0 saturated heterocycles. The molecule has 0 amide bonds. The average Bonchev–Trinajstić information content (AvgIpc) is 2.99. The monoisotopic (exact) mass is 280 g/mol. The Bertz CT molecular complexity index is 686. The van der Waals surface area contributed by atoms with E-state index in [1.165, 1.54) is 29.5 Å². The maximum absolute atomic E-state index is 13.3. The van der Waals surface area contributed by atoms with E-state index in [9.17, 15) is 4.39 Å². The summed E-state index contributed by atoms with van der Waals surface area (Å²) >= 11 is 0. The number of fused-ring (bicyclic) bond motifs is 2. The van der Waals surface area contributed by atoms with Crippen molar-refractivity contribution in [2.75, 3.05) is 0 Å². The Labute approximate surface area is 126 Å². The van der Waals surface area contributed by atoms with Crippen molar-refractivity contribution in [3.8, 4) is 0 Å². The normalized spacial score (nSPS) is 23.1. The predicted octanol–water partition coefficient (Wildman–Crippen LogP) is 4.52. The third-order valence-electron chi connectivity index (χ3n) is 5.12. The van der Waals surface area contributed by atoms with Crippen LogP contribution in [0.15, 0.2) is 36.4 Å². The first kappa shape index (κ1) is 13.1. The highest BCUT2D eigenvalue weighted by Crippen LogP contribution is 2.32. The first-order valence-corrected chi connectivity index (χ1v) is 8.05. The van der Waals surface area contributed by atoms with Crippen molar-refractivity contribution in [1.29, 1.82) is 0 Å². The molecule has 4 rings (SSSR count). The van der Waals surface area contributed by atoms with Crippen LogP contribution >= 0.6 is 0 Å². The fourth-order valence-electron chi connectivity index (χ4n) is 4.17. The fraction of sp³-hybridized carbons (Fsp3) is 0.400. The molecule has 2 aromatic carbocycles. The van der Waals surface area contributed by atoms with E-state index < -0.39 is 0 Å². The van der Waals surface area contributed by atoms with E-state index in [-0.39, 0.29) is 5.82 Å². The van der Waals surface area contributed by atoms with Crippen LogP contribution in [0, 0.1) is 17.7 Å². The van der Waals surface area contributed by atoms with Gasteiger partial charge >= 0.3 is 0 Å². The van der Waals surface area contributed by atoms with Crippen molar-refractivity contribution in [1.82, 2.24) is 0 Å². The quantitative estimate of drug-likeness (QED) is 0.759. The number of rotatable bonds is 2. The second-order valence-corrected chi connectivity index (χ2v) is 7.01. The van der Waals surface area contributed by atoms with Gasteiger partial charge in [0.1, 0.15) is 5.82 Å². The lowest BCUT2D eigenvalue weighted by atomic mass is 9.94. The smallest absolute Gasteiger partial charge is 0.123 e. The zero-order valence-corrected chi connectivity index (χ0v) is 12.5. The molecule has 2 atom stereocenters. The van der Waals surface area contributed by atoms with E-state index in [1.807, 2.05) is 6.07 Å². The third kappa shape index (κ3) is 2.50. The summed E-state index contributed by atoms with van der Waals surface area (Å²) in [7, 11) is 0. The lowest BCUT2D eigenvalue weighted by Gasteiger charge is -2.10. The molecule has 0 spiro atoms. The molecule has 0 N–H and O–H groups in total. The Morgan fingerprint density at radius 2 is 1.52 bits per heavy atom. The zero-order valence-electron chi connectivity index (χ0n) is 12.5. The van der Waals surface area contributed by atoms with E-state index in [0.29, 0.717) is 5.92 Å². The van der Waals surface area contributed by atoms with Crippen molar-refractivity contribution < 1.29 is 4.39 Å². The lowest BCUT2D eigenvalue weighted by Crippen LogP contribution is -2.04. The molecular formula is C20H21F. The largest absolute Gasteiger partial charge is 0.207 e. The number of halogens is 1. The molecule has 21 heavy (non-hydrogen) atoms. The number of hydrogen-bond acceptors (Lipinski definition) is 0. The standard InChI is InChI=1S/C20H21F/c1-13-6-16-3-2-14(9-18(16)7-13)8-15-10-17-4-5-20(21)12-19(17)11-15/h2-5,9,12-13,15H,6-8,10-11H2,1H3. The fourth-order valence-corrected chi connectivity index (χ4v) is 4.17.